The number of carbonyl (C=O) groups excluding carboxylic acids is 2. The lowest BCUT2D eigenvalue weighted by molar-refractivity contribution is 0.0978. The molecule has 0 amide bonds. The van der Waals surface area contributed by atoms with Crippen LogP contribution >= 0.6 is 11.3 Å². The quantitative estimate of drug-likeness (QED) is 0.454. The highest BCUT2D eigenvalue weighted by Gasteiger charge is 2.34. The highest BCUT2D eigenvalue weighted by molar-refractivity contribution is 7.26. The van der Waals surface area contributed by atoms with Crippen LogP contribution in [0.2, 0.25) is 0 Å². The lowest BCUT2D eigenvalue weighted by Crippen LogP contribution is -2.21. The molecule has 4 heteroatoms. The fraction of sp³-hybridized carbons (Fsp3) is 0. The first-order chi connectivity index (χ1) is 11.7. The standard InChI is InChI=1S/C20H10O3S/c21-13-9-15-16(12-7-3-4-8-14(12)24-15)18-17(13)19(22)10-5-1-2-6-11(10)20(18)23/h1-9,21H. The molecule has 0 radical (unpaired) electrons. The molecule has 0 fully saturated rings. The van der Waals surface area contributed by atoms with Gasteiger partial charge in [-0.05, 0) is 12.1 Å². The van der Waals surface area contributed by atoms with E-state index in [0.29, 0.717) is 16.7 Å². The maximum atomic E-state index is 13.1. The summed E-state index contributed by atoms with van der Waals surface area (Å²) < 4.78 is 1.84. The van der Waals surface area contributed by atoms with E-state index >= 15 is 0 Å². The largest absolute Gasteiger partial charge is 0.507 e. The van der Waals surface area contributed by atoms with Gasteiger partial charge in [0.2, 0.25) is 0 Å². The van der Waals surface area contributed by atoms with Crippen molar-refractivity contribution in [1.29, 1.82) is 0 Å². The lowest BCUT2D eigenvalue weighted by Gasteiger charge is -2.19. The number of rotatable bonds is 0. The Bertz CT molecular complexity index is 1200. The molecule has 1 heterocycles. The molecular weight excluding hydrogens is 320 g/mol. The van der Waals surface area contributed by atoms with Crippen molar-refractivity contribution in [1.82, 2.24) is 0 Å². The Balaban J connectivity index is 2.01. The summed E-state index contributed by atoms with van der Waals surface area (Å²) in [6.07, 6.45) is 0. The van der Waals surface area contributed by atoms with Gasteiger partial charge >= 0.3 is 0 Å². The van der Waals surface area contributed by atoms with Crippen molar-refractivity contribution in [2.75, 3.05) is 0 Å². The molecule has 24 heavy (non-hydrogen) atoms. The van der Waals surface area contributed by atoms with Crippen LogP contribution in [0.1, 0.15) is 31.8 Å². The Kier molecular flexibility index (Phi) is 2.54. The van der Waals surface area contributed by atoms with Crippen molar-refractivity contribution in [2.24, 2.45) is 0 Å². The monoisotopic (exact) mass is 330 g/mol. The molecule has 5 rings (SSSR count). The van der Waals surface area contributed by atoms with Gasteiger partial charge in [0, 0.05) is 36.9 Å². The third-order valence-electron chi connectivity index (χ3n) is 4.52. The van der Waals surface area contributed by atoms with Gasteiger partial charge in [0.1, 0.15) is 5.75 Å². The first kappa shape index (κ1) is 13.5. The van der Waals surface area contributed by atoms with Crippen molar-refractivity contribution in [3.05, 3.63) is 76.9 Å². The normalized spacial score (nSPS) is 13.3. The summed E-state index contributed by atoms with van der Waals surface area (Å²) in [7, 11) is 0. The molecule has 1 N–H and O–H groups in total. The van der Waals surface area contributed by atoms with Crippen LogP contribution in [0.5, 0.6) is 5.75 Å². The molecule has 0 saturated heterocycles. The van der Waals surface area contributed by atoms with Gasteiger partial charge in [0.05, 0.1) is 5.56 Å². The summed E-state index contributed by atoms with van der Waals surface area (Å²) in [6.45, 7) is 0. The zero-order valence-corrected chi connectivity index (χ0v) is 13.2. The number of benzene rings is 3. The van der Waals surface area contributed by atoms with Crippen molar-refractivity contribution in [2.45, 2.75) is 0 Å². The minimum absolute atomic E-state index is 0.120. The number of phenolic OH excluding ortho intramolecular Hbond substituents is 1. The molecule has 0 unspecified atom stereocenters. The van der Waals surface area contributed by atoms with Crippen molar-refractivity contribution < 1.29 is 14.7 Å². The second kappa shape index (κ2) is 4.52. The highest BCUT2D eigenvalue weighted by atomic mass is 32.1. The molecule has 4 aromatic rings. The number of hydrogen-bond donors (Lipinski definition) is 1. The minimum Gasteiger partial charge on any atom is -0.507 e. The highest BCUT2D eigenvalue weighted by Crippen LogP contribution is 2.44. The topological polar surface area (TPSA) is 54.4 Å². The van der Waals surface area contributed by atoms with E-state index in [4.69, 9.17) is 0 Å². The van der Waals surface area contributed by atoms with Gasteiger partial charge in [-0.15, -0.1) is 11.3 Å². The Hall–Kier alpha value is -2.98. The number of fused-ring (bicyclic) bond motifs is 6. The van der Waals surface area contributed by atoms with Crippen LogP contribution in [-0.4, -0.2) is 16.7 Å². The molecule has 114 valence electrons. The summed E-state index contributed by atoms with van der Waals surface area (Å²) >= 11 is 1.51. The molecular formula is C20H10O3S. The summed E-state index contributed by atoms with van der Waals surface area (Å²) in [5.41, 5.74) is 1.20. The molecule has 0 aliphatic heterocycles. The molecule has 1 aliphatic rings. The zero-order valence-electron chi connectivity index (χ0n) is 12.4. The molecule has 0 bridgehead atoms. The fourth-order valence-corrected chi connectivity index (χ4v) is 4.63. The summed E-state index contributed by atoms with van der Waals surface area (Å²) in [5, 5.41) is 12.1. The van der Waals surface area contributed by atoms with Crippen LogP contribution in [0.4, 0.5) is 0 Å². The van der Waals surface area contributed by atoms with Gasteiger partial charge in [-0.1, -0.05) is 42.5 Å². The average Bonchev–Trinajstić information content (AvgIpc) is 2.96. The minimum atomic E-state index is -0.296. The number of phenols is 1. The Labute approximate surface area is 140 Å². The number of ketones is 2. The summed E-state index contributed by atoms with van der Waals surface area (Å²) in [6, 6.07) is 16.2. The molecule has 3 nitrogen and oxygen atoms in total. The lowest BCUT2D eigenvalue weighted by atomic mass is 9.81. The van der Waals surface area contributed by atoms with E-state index in [1.54, 1.807) is 30.3 Å². The van der Waals surface area contributed by atoms with Crippen molar-refractivity contribution >= 4 is 43.1 Å². The Morgan fingerprint density at radius 2 is 1.38 bits per heavy atom. The fourth-order valence-electron chi connectivity index (χ4n) is 3.48. The van der Waals surface area contributed by atoms with Crippen LogP contribution in [0.3, 0.4) is 0 Å². The van der Waals surface area contributed by atoms with E-state index in [1.807, 2.05) is 24.3 Å². The van der Waals surface area contributed by atoms with Crippen molar-refractivity contribution in [3.8, 4) is 5.75 Å². The second-order valence-electron chi connectivity index (χ2n) is 5.82. The first-order valence-electron chi connectivity index (χ1n) is 7.52. The third kappa shape index (κ3) is 1.56. The van der Waals surface area contributed by atoms with Gasteiger partial charge in [0.25, 0.3) is 0 Å². The average molecular weight is 330 g/mol. The maximum absolute atomic E-state index is 13.1. The molecule has 1 aromatic heterocycles. The molecule has 0 atom stereocenters. The van der Waals surface area contributed by atoms with Crippen LogP contribution in [0.25, 0.3) is 20.2 Å². The SMILES string of the molecule is O=C1c2ccccc2C(=O)c2c1c(O)cc1sc3ccccc3c21. The van der Waals surface area contributed by atoms with Gasteiger partial charge < -0.3 is 5.11 Å². The molecule has 1 aliphatic carbocycles. The predicted octanol–water partition coefficient (Wildman–Crippen LogP) is 4.54. The van der Waals surface area contributed by atoms with Gasteiger partial charge in [-0.25, -0.2) is 0 Å². The second-order valence-corrected chi connectivity index (χ2v) is 6.90. The smallest absolute Gasteiger partial charge is 0.198 e. The van der Waals surface area contributed by atoms with Crippen LogP contribution in [0, 0.1) is 0 Å². The summed E-state index contributed by atoms with van der Waals surface area (Å²) in [4.78, 5) is 26.0. The van der Waals surface area contributed by atoms with E-state index in [-0.39, 0.29) is 22.9 Å². The van der Waals surface area contributed by atoms with E-state index in [1.165, 1.54) is 11.3 Å². The van der Waals surface area contributed by atoms with Crippen LogP contribution in [0.15, 0.2) is 54.6 Å². The molecule has 0 saturated carbocycles. The van der Waals surface area contributed by atoms with E-state index < -0.39 is 0 Å². The van der Waals surface area contributed by atoms with Gasteiger partial charge in [0.15, 0.2) is 11.6 Å². The number of aromatic hydroxyl groups is 1. The van der Waals surface area contributed by atoms with E-state index in [2.05, 4.69) is 0 Å². The van der Waals surface area contributed by atoms with Gasteiger partial charge in [-0.2, -0.15) is 0 Å². The zero-order chi connectivity index (χ0) is 16.4. The van der Waals surface area contributed by atoms with Crippen LogP contribution in [-0.2, 0) is 0 Å². The van der Waals surface area contributed by atoms with Gasteiger partial charge in [-0.3, -0.25) is 9.59 Å². The number of hydrogen-bond acceptors (Lipinski definition) is 4. The molecule has 0 spiro atoms. The first-order valence-corrected chi connectivity index (χ1v) is 8.34. The Morgan fingerprint density at radius 1 is 0.750 bits per heavy atom. The number of thiophene rings is 1. The Morgan fingerprint density at radius 3 is 2.12 bits per heavy atom. The third-order valence-corrected chi connectivity index (χ3v) is 5.63. The van der Waals surface area contributed by atoms with Crippen LogP contribution < -0.4 is 0 Å². The number of carbonyl (C=O) groups is 2. The van der Waals surface area contributed by atoms with E-state index in [0.717, 1.165) is 20.2 Å². The summed E-state index contributed by atoms with van der Waals surface area (Å²) in [5.74, 6) is -0.628. The van der Waals surface area contributed by atoms with E-state index in [9.17, 15) is 14.7 Å². The maximum Gasteiger partial charge on any atom is 0.198 e. The van der Waals surface area contributed by atoms with Crippen molar-refractivity contribution in [3.63, 3.8) is 0 Å². The predicted molar refractivity (Wildman–Crippen MR) is 94.3 cm³/mol. The molecule has 3 aromatic carbocycles.